The van der Waals surface area contributed by atoms with Gasteiger partial charge in [0.1, 0.15) is 0 Å². The van der Waals surface area contributed by atoms with Gasteiger partial charge in [0.25, 0.3) is 0 Å². The molecule has 7 heteroatoms. The van der Waals surface area contributed by atoms with E-state index in [9.17, 15) is 5.11 Å². The number of halogens is 3. The van der Waals surface area contributed by atoms with E-state index in [4.69, 9.17) is 41.4 Å². The fourth-order valence-electron chi connectivity index (χ4n) is 4.38. The molecule has 33 heavy (non-hydrogen) atoms. The minimum Gasteiger partial charge on any atom is -0.384 e. The van der Waals surface area contributed by atoms with Gasteiger partial charge >= 0.3 is 0 Å². The Hall–Kier alpha value is -2.26. The van der Waals surface area contributed by atoms with Crippen LogP contribution in [-0.4, -0.2) is 36.2 Å². The van der Waals surface area contributed by atoms with E-state index in [1.54, 1.807) is 18.2 Å². The number of hydrogen-bond acceptors (Lipinski definition) is 3. The minimum atomic E-state index is -1.05. The third kappa shape index (κ3) is 5.46. The van der Waals surface area contributed by atoms with Gasteiger partial charge in [-0.25, -0.2) is 4.85 Å². The summed E-state index contributed by atoms with van der Waals surface area (Å²) in [5.41, 5.74) is 2.36. The quantitative estimate of drug-likeness (QED) is 0.384. The van der Waals surface area contributed by atoms with Crippen molar-refractivity contribution in [1.82, 2.24) is 4.90 Å². The van der Waals surface area contributed by atoms with Gasteiger partial charge in [0, 0.05) is 36.2 Å². The lowest BCUT2D eigenvalue weighted by Gasteiger charge is -2.45. The second-order valence-electron chi connectivity index (χ2n) is 8.52. The fourth-order valence-corrected chi connectivity index (χ4v) is 5.02. The zero-order valence-corrected chi connectivity index (χ0v) is 20.4. The first-order valence-corrected chi connectivity index (χ1v) is 11.8. The Bertz CT molecular complexity index is 1160. The summed E-state index contributed by atoms with van der Waals surface area (Å²) in [4.78, 5) is 7.99. The average Bonchev–Trinajstić information content (AvgIpc) is 2.80. The third-order valence-electron chi connectivity index (χ3n) is 6.09. The van der Waals surface area contributed by atoms with Gasteiger partial charge in [-0.2, -0.15) is 0 Å². The number of rotatable bonds is 5. The van der Waals surface area contributed by atoms with Crippen molar-refractivity contribution in [2.75, 3.05) is 31.1 Å². The van der Waals surface area contributed by atoms with E-state index in [2.05, 4.69) is 14.6 Å². The van der Waals surface area contributed by atoms with Crippen LogP contribution >= 0.6 is 34.8 Å². The number of nitrogens with zero attached hydrogens (tertiary/aromatic N) is 3. The van der Waals surface area contributed by atoms with Crippen molar-refractivity contribution >= 4 is 46.2 Å². The molecule has 0 aliphatic carbocycles. The predicted molar refractivity (Wildman–Crippen MR) is 137 cm³/mol. The fraction of sp³-hybridized carbons (Fsp3) is 0.269. The van der Waals surface area contributed by atoms with Crippen LogP contribution in [0, 0.1) is 6.57 Å². The maximum absolute atomic E-state index is 11.3. The van der Waals surface area contributed by atoms with Crippen molar-refractivity contribution in [3.05, 3.63) is 104 Å². The molecule has 0 radical (unpaired) electrons. The highest BCUT2D eigenvalue weighted by Crippen LogP contribution is 2.37. The number of β-amino-alcohol motifs (C(OH)–C–C–N with tert-alkyl or cyclic N) is 1. The smallest absolute Gasteiger partial charge is 0.187 e. The lowest BCUT2D eigenvalue weighted by molar-refractivity contribution is 0.0103. The highest BCUT2D eigenvalue weighted by Gasteiger charge is 2.34. The van der Waals surface area contributed by atoms with Crippen molar-refractivity contribution in [2.24, 2.45) is 0 Å². The first-order valence-electron chi connectivity index (χ1n) is 10.7. The monoisotopic (exact) mass is 499 g/mol. The van der Waals surface area contributed by atoms with Gasteiger partial charge in [0.2, 0.25) is 0 Å². The number of benzene rings is 3. The predicted octanol–water partition coefficient (Wildman–Crippen LogP) is 6.97. The summed E-state index contributed by atoms with van der Waals surface area (Å²) in [6.07, 6.45) is 0. The van der Waals surface area contributed by atoms with E-state index in [1.807, 2.05) is 55.5 Å². The number of hydrogen-bond donors (Lipinski definition) is 1. The molecule has 0 spiro atoms. The second kappa shape index (κ2) is 9.93. The summed E-state index contributed by atoms with van der Waals surface area (Å²) in [6.45, 7) is 11.6. The van der Waals surface area contributed by atoms with Crippen LogP contribution in [0.5, 0.6) is 0 Å². The molecule has 1 heterocycles. The number of piperazine rings is 1. The molecule has 1 aliphatic rings. The molecular formula is C26H24Cl3N3O. The average molecular weight is 501 g/mol. The van der Waals surface area contributed by atoms with Crippen LogP contribution in [0.1, 0.15) is 24.1 Å². The van der Waals surface area contributed by atoms with Gasteiger partial charge in [-0.15, -0.1) is 0 Å². The molecule has 0 saturated carbocycles. The zero-order valence-electron chi connectivity index (χ0n) is 18.2. The highest BCUT2D eigenvalue weighted by molar-refractivity contribution is 6.36. The van der Waals surface area contributed by atoms with Crippen LogP contribution in [0.15, 0.2) is 66.7 Å². The van der Waals surface area contributed by atoms with Crippen LogP contribution in [0.3, 0.4) is 0 Å². The lowest BCUT2D eigenvalue weighted by Crippen LogP contribution is -2.52. The summed E-state index contributed by atoms with van der Waals surface area (Å²) in [5.74, 6) is 0. The molecule has 4 nitrogen and oxygen atoms in total. The third-order valence-corrected chi connectivity index (χ3v) is 6.88. The Balaban J connectivity index is 1.60. The molecule has 1 aliphatic heterocycles. The van der Waals surface area contributed by atoms with Gasteiger partial charge in [0.15, 0.2) is 5.69 Å². The number of aliphatic hydroxyl groups is 1. The molecule has 3 aromatic rings. The summed E-state index contributed by atoms with van der Waals surface area (Å²) < 4.78 is 0. The Morgan fingerprint density at radius 2 is 1.64 bits per heavy atom. The molecule has 2 atom stereocenters. The van der Waals surface area contributed by atoms with Crippen LogP contribution < -0.4 is 4.90 Å². The lowest BCUT2D eigenvalue weighted by atomic mass is 9.93. The van der Waals surface area contributed by atoms with Crippen molar-refractivity contribution in [1.29, 1.82) is 0 Å². The van der Waals surface area contributed by atoms with E-state index in [0.717, 1.165) is 29.9 Å². The Labute approximate surface area is 209 Å². The molecule has 1 N–H and O–H groups in total. The highest BCUT2D eigenvalue weighted by atomic mass is 35.5. The van der Waals surface area contributed by atoms with Gasteiger partial charge in [-0.3, -0.25) is 4.90 Å². The largest absolute Gasteiger partial charge is 0.384 e. The van der Waals surface area contributed by atoms with Crippen LogP contribution in [0.2, 0.25) is 15.1 Å². The Kier molecular flexibility index (Phi) is 7.19. The van der Waals surface area contributed by atoms with Crippen LogP contribution in [0.4, 0.5) is 11.4 Å². The molecule has 3 aromatic carbocycles. The van der Waals surface area contributed by atoms with Gasteiger partial charge in [0.05, 0.1) is 28.9 Å². The molecular weight excluding hydrogens is 477 g/mol. The first kappa shape index (κ1) is 23.9. The SMILES string of the molecule is [C-]#[N+]c1ccc([C@@](C)(O)CN2CCN(c3ccc(Cl)cc3Cl)[C@H](c3ccc(Cl)cc3)C2)cc1. The van der Waals surface area contributed by atoms with Crippen molar-refractivity contribution in [3.8, 4) is 0 Å². The summed E-state index contributed by atoms with van der Waals surface area (Å²) in [5, 5.41) is 13.2. The molecule has 0 bridgehead atoms. The molecule has 0 aromatic heterocycles. The molecule has 0 unspecified atom stereocenters. The van der Waals surface area contributed by atoms with Crippen LogP contribution in [-0.2, 0) is 5.60 Å². The number of anilines is 1. The maximum Gasteiger partial charge on any atom is 0.187 e. The minimum absolute atomic E-state index is 0.0231. The molecule has 170 valence electrons. The zero-order chi connectivity index (χ0) is 23.6. The van der Waals surface area contributed by atoms with Gasteiger partial charge in [-0.1, -0.05) is 71.2 Å². The molecule has 1 fully saturated rings. The summed E-state index contributed by atoms with van der Waals surface area (Å²) in [6, 6.07) is 20.6. The van der Waals surface area contributed by atoms with E-state index in [0.29, 0.717) is 33.8 Å². The van der Waals surface area contributed by atoms with Crippen molar-refractivity contribution in [2.45, 2.75) is 18.6 Å². The van der Waals surface area contributed by atoms with Gasteiger partial charge in [-0.05, 0) is 48.4 Å². The van der Waals surface area contributed by atoms with Crippen LogP contribution in [0.25, 0.3) is 4.85 Å². The topological polar surface area (TPSA) is 31.1 Å². The van der Waals surface area contributed by atoms with E-state index in [1.165, 1.54) is 0 Å². The Morgan fingerprint density at radius 3 is 2.27 bits per heavy atom. The Morgan fingerprint density at radius 1 is 0.970 bits per heavy atom. The van der Waals surface area contributed by atoms with E-state index < -0.39 is 5.60 Å². The first-order chi connectivity index (χ1) is 15.8. The standard InChI is InChI=1S/C26H24Cl3N3O/c1-26(33,19-5-10-22(30-2)11-6-19)17-31-13-14-32(24-12-9-21(28)15-23(24)29)25(16-31)18-3-7-20(27)8-4-18/h3-12,15,25,33H,13-14,16-17H2,1H3/t25-,26-/m0/s1. The summed E-state index contributed by atoms with van der Waals surface area (Å²) in [7, 11) is 0. The van der Waals surface area contributed by atoms with Crippen molar-refractivity contribution < 1.29 is 5.11 Å². The van der Waals surface area contributed by atoms with Gasteiger partial charge < -0.3 is 10.0 Å². The second-order valence-corrected chi connectivity index (χ2v) is 9.80. The van der Waals surface area contributed by atoms with E-state index >= 15 is 0 Å². The summed E-state index contributed by atoms with van der Waals surface area (Å²) >= 11 is 18.8. The molecule has 1 saturated heterocycles. The maximum atomic E-state index is 11.3. The molecule has 4 rings (SSSR count). The van der Waals surface area contributed by atoms with E-state index in [-0.39, 0.29) is 6.04 Å². The molecule has 0 amide bonds. The normalized spacial score (nSPS) is 18.5. The van der Waals surface area contributed by atoms with Crippen molar-refractivity contribution in [3.63, 3.8) is 0 Å².